The van der Waals surface area contributed by atoms with Gasteiger partial charge < -0.3 is 12.5 Å². The van der Waals surface area contributed by atoms with Gasteiger partial charge in [0.1, 0.15) is 0 Å². The topological polar surface area (TPSA) is 72.2 Å². The van der Waals surface area contributed by atoms with Gasteiger partial charge in [-0.1, -0.05) is 43.5 Å². The number of anilines is 1. The maximum Gasteiger partial charge on any atom is 1.00 e. The number of amides is 2. The molecule has 0 aliphatic heterocycles. The second kappa shape index (κ2) is 10.0. The van der Waals surface area contributed by atoms with Gasteiger partial charge in [0, 0.05) is 5.69 Å². The fraction of sp³-hybridized carbons (Fsp3) is 0.111. The van der Waals surface area contributed by atoms with E-state index in [4.69, 9.17) is 4.79 Å². The van der Waals surface area contributed by atoms with Crippen LogP contribution < -0.4 is 40.6 Å². The van der Waals surface area contributed by atoms with Crippen LogP contribution in [0.15, 0.2) is 24.3 Å². The monoisotopic (exact) mass is 268 g/mol. The second-order valence-electron chi connectivity index (χ2n) is 2.58. The Balaban J connectivity index is -0.000000289. The number of thiol groups is 2. The summed E-state index contributed by atoms with van der Waals surface area (Å²) in [7, 11) is 0. The van der Waals surface area contributed by atoms with E-state index in [0.717, 1.165) is 11.3 Å². The molecule has 2 amide bonds. The zero-order valence-corrected chi connectivity index (χ0v) is 12.9. The van der Waals surface area contributed by atoms with E-state index in [1.807, 2.05) is 31.2 Å². The van der Waals surface area contributed by atoms with Crippen LogP contribution in [0, 0.1) is 6.92 Å². The van der Waals surface area contributed by atoms with E-state index in [2.05, 4.69) is 36.3 Å². The first-order valence-corrected chi connectivity index (χ1v) is 4.87. The number of rotatable bonds is 1. The molecule has 0 saturated carbocycles. The molecule has 0 heterocycles. The average Bonchev–Trinajstić information content (AvgIpc) is 2.07. The van der Waals surface area contributed by atoms with Crippen molar-refractivity contribution >= 4 is 41.4 Å². The van der Waals surface area contributed by atoms with Crippen molar-refractivity contribution in [2.75, 3.05) is 5.32 Å². The molecular weight excluding hydrogens is 255 g/mol. The molecule has 84 valence electrons. The predicted molar refractivity (Wildman–Crippen MR) is 68.9 cm³/mol. The van der Waals surface area contributed by atoms with Crippen LogP contribution in [0.1, 0.15) is 6.99 Å². The van der Waals surface area contributed by atoms with Crippen LogP contribution in [0.25, 0.3) is 0 Å². The molecule has 4 nitrogen and oxygen atoms in total. The predicted octanol–water partition coefficient (Wildman–Crippen LogP) is -0.432. The summed E-state index contributed by atoms with van der Waals surface area (Å²) in [5.41, 5.74) is 6.19. The summed E-state index contributed by atoms with van der Waals surface area (Å²) < 4.78 is 0. The molecule has 0 aromatic heterocycles. The molecule has 3 N–H and O–H groups in total. The standard InChI is InChI=1S/C8H9NOS.CH3NOS.Na.H/c1-6-4-2-3-5-7(6)9-8(10)11;2-1(3)4;;/h2-5H,1H3,(H2,9,10,11);(H3,2,3,4);;/q;;+1;-1. The molecule has 0 aliphatic carbocycles. The fourth-order valence-corrected chi connectivity index (χ4v) is 0.949. The van der Waals surface area contributed by atoms with Crippen molar-refractivity contribution in [3.63, 3.8) is 0 Å². The van der Waals surface area contributed by atoms with Gasteiger partial charge in [0.25, 0.3) is 10.5 Å². The first-order valence-electron chi connectivity index (χ1n) is 3.97. The molecular formula is C9H13N2NaO2S2. The summed E-state index contributed by atoms with van der Waals surface area (Å²) in [4.78, 5) is 19.6. The Kier molecular flexibility index (Phi) is 11.4. The van der Waals surface area contributed by atoms with Crippen molar-refractivity contribution in [3.05, 3.63) is 29.8 Å². The summed E-state index contributed by atoms with van der Waals surface area (Å²) >= 11 is 6.71. The Hall–Kier alpha value is -0.140. The maximum atomic E-state index is 10.5. The van der Waals surface area contributed by atoms with E-state index in [1.54, 1.807) is 0 Å². The molecule has 0 fully saturated rings. The molecule has 0 atom stereocenters. The third-order valence-corrected chi connectivity index (χ3v) is 1.50. The van der Waals surface area contributed by atoms with Crippen molar-refractivity contribution in [1.29, 1.82) is 0 Å². The van der Waals surface area contributed by atoms with Gasteiger partial charge in [0.2, 0.25) is 0 Å². The van der Waals surface area contributed by atoms with E-state index in [0.29, 0.717) is 0 Å². The third kappa shape index (κ3) is 10.4. The van der Waals surface area contributed by atoms with Gasteiger partial charge in [-0.05, 0) is 18.6 Å². The molecule has 1 aromatic carbocycles. The number of nitrogens with one attached hydrogen (secondary N) is 1. The zero-order chi connectivity index (χ0) is 11.8. The average molecular weight is 268 g/mol. The molecule has 0 bridgehead atoms. The van der Waals surface area contributed by atoms with Gasteiger partial charge in [-0.2, -0.15) is 0 Å². The molecule has 16 heavy (non-hydrogen) atoms. The van der Waals surface area contributed by atoms with Crippen LogP contribution in [-0.4, -0.2) is 10.5 Å². The largest absolute Gasteiger partial charge is 1.00 e. The van der Waals surface area contributed by atoms with Crippen LogP contribution in [-0.2, 0) is 0 Å². The molecule has 0 unspecified atom stereocenters. The van der Waals surface area contributed by atoms with Gasteiger partial charge in [-0.25, -0.2) is 0 Å². The molecule has 0 radical (unpaired) electrons. The number of nitrogens with two attached hydrogens (primary N) is 1. The fourth-order valence-electron chi connectivity index (χ4n) is 0.828. The number of hydrogen-bond donors (Lipinski definition) is 4. The molecule has 1 aromatic rings. The minimum absolute atomic E-state index is 0. The quantitative estimate of drug-likeness (QED) is 0.412. The van der Waals surface area contributed by atoms with Crippen LogP contribution in [0.4, 0.5) is 15.3 Å². The number of hydrogen-bond acceptors (Lipinski definition) is 2. The van der Waals surface area contributed by atoms with Crippen molar-refractivity contribution in [1.82, 2.24) is 0 Å². The van der Waals surface area contributed by atoms with Crippen molar-refractivity contribution in [2.45, 2.75) is 6.92 Å². The van der Waals surface area contributed by atoms with Gasteiger partial charge in [-0.15, -0.1) is 0 Å². The number of benzene rings is 1. The number of carbonyl (C=O) groups is 2. The molecule has 0 aliphatic rings. The van der Waals surface area contributed by atoms with Crippen LogP contribution in [0.2, 0.25) is 0 Å². The number of carbonyl (C=O) groups excluding carboxylic acids is 2. The smallest absolute Gasteiger partial charge is 1.00 e. The summed E-state index contributed by atoms with van der Waals surface area (Å²) in [6, 6.07) is 7.55. The SMILES string of the molecule is Cc1ccccc1NC(=O)S.NC(=O)S.[H-].[Na+]. The zero-order valence-electron chi connectivity index (χ0n) is 10.1. The second-order valence-corrected chi connectivity index (χ2v) is 3.43. The maximum absolute atomic E-state index is 10.5. The van der Waals surface area contributed by atoms with Gasteiger partial charge in [-0.3, -0.25) is 9.59 Å². The number of para-hydroxylation sites is 1. The Morgan fingerprint density at radius 2 is 1.75 bits per heavy atom. The summed E-state index contributed by atoms with van der Waals surface area (Å²) in [6.07, 6.45) is 0. The van der Waals surface area contributed by atoms with E-state index in [1.165, 1.54) is 0 Å². The van der Waals surface area contributed by atoms with Crippen LogP contribution in [0.3, 0.4) is 0 Å². The molecule has 0 spiro atoms. The van der Waals surface area contributed by atoms with E-state index in [9.17, 15) is 4.79 Å². The van der Waals surface area contributed by atoms with E-state index >= 15 is 0 Å². The van der Waals surface area contributed by atoms with Crippen LogP contribution >= 0.6 is 25.3 Å². The minimum atomic E-state index is -0.639. The van der Waals surface area contributed by atoms with Crippen LogP contribution in [0.5, 0.6) is 0 Å². The third-order valence-electron chi connectivity index (χ3n) is 1.39. The Morgan fingerprint density at radius 3 is 2.12 bits per heavy atom. The summed E-state index contributed by atoms with van der Waals surface area (Å²) in [5, 5.41) is 1.63. The number of primary amides is 1. The number of aryl methyl sites for hydroxylation is 1. The van der Waals surface area contributed by atoms with Gasteiger partial charge >= 0.3 is 29.6 Å². The molecule has 0 saturated heterocycles. The summed E-state index contributed by atoms with van der Waals surface area (Å²) in [6.45, 7) is 1.93. The minimum Gasteiger partial charge on any atom is -1.00 e. The molecule has 1 rings (SSSR count). The Labute approximate surface area is 129 Å². The van der Waals surface area contributed by atoms with E-state index in [-0.39, 0.29) is 36.2 Å². The van der Waals surface area contributed by atoms with Crippen molar-refractivity contribution in [3.8, 4) is 0 Å². The van der Waals surface area contributed by atoms with Gasteiger partial charge in [0.05, 0.1) is 0 Å². The van der Waals surface area contributed by atoms with Crippen molar-refractivity contribution < 1.29 is 40.6 Å². The van der Waals surface area contributed by atoms with Gasteiger partial charge in [0.15, 0.2) is 0 Å². The Morgan fingerprint density at radius 1 is 1.31 bits per heavy atom. The Bertz CT molecular complexity index is 363. The normalized spacial score (nSPS) is 7.94. The summed E-state index contributed by atoms with van der Waals surface area (Å²) in [5.74, 6) is 0. The first-order chi connectivity index (χ1) is 6.93. The molecule has 7 heteroatoms. The van der Waals surface area contributed by atoms with E-state index < -0.39 is 5.24 Å². The first kappa shape index (κ1) is 18.2. The van der Waals surface area contributed by atoms with Crippen molar-refractivity contribution in [2.24, 2.45) is 5.73 Å².